The SMILES string of the molecule is Cc1cc(C2CN(C(=O)Cc3c(C)noc3C)CCO2)ccn1. The molecule has 1 amide bonds. The van der Waals surface area contributed by atoms with Crippen molar-refractivity contribution in [3.05, 3.63) is 46.6 Å². The number of carbonyl (C=O) groups is 1. The van der Waals surface area contributed by atoms with Crippen molar-refractivity contribution in [1.82, 2.24) is 15.0 Å². The molecule has 0 aliphatic carbocycles. The highest BCUT2D eigenvalue weighted by molar-refractivity contribution is 5.79. The molecule has 122 valence electrons. The molecule has 2 aromatic heterocycles. The van der Waals surface area contributed by atoms with Crippen LogP contribution < -0.4 is 0 Å². The van der Waals surface area contributed by atoms with Gasteiger partial charge in [-0.2, -0.15) is 0 Å². The zero-order valence-corrected chi connectivity index (χ0v) is 13.7. The highest BCUT2D eigenvalue weighted by Gasteiger charge is 2.26. The van der Waals surface area contributed by atoms with Crippen LogP contribution in [0.25, 0.3) is 0 Å². The number of aryl methyl sites for hydroxylation is 3. The lowest BCUT2D eigenvalue weighted by Gasteiger charge is -2.33. The minimum atomic E-state index is -0.0981. The molecule has 6 heteroatoms. The average molecular weight is 315 g/mol. The highest BCUT2D eigenvalue weighted by atomic mass is 16.5. The van der Waals surface area contributed by atoms with Gasteiger partial charge >= 0.3 is 0 Å². The van der Waals surface area contributed by atoms with Gasteiger partial charge in [0, 0.05) is 24.0 Å². The average Bonchev–Trinajstić information content (AvgIpc) is 2.87. The van der Waals surface area contributed by atoms with Crippen LogP contribution in [0.15, 0.2) is 22.9 Å². The van der Waals surface area contributed by atoms with E-state index < -0.39 is 0 Å². The maximum absolute atomic E-state index is 12.6. The molecule has 1 fully saturated rings. The van der Waals surface area contributed by atoms with Gasteiger partial charge in [0.15, 0.2) is 0 Å². The number of nitrogens with zero attached hydrogens (tertiary/aromatic N) is 3. The summed E-state index contributed by atoms with van der Waals surface area (Å²) in [4.78, 5) is 18.7. The first-order valence-electron chi connectivity index (χ1n) is 7.78. The Labute approximate surface area is 135 Å². The Balaban J connectivity index is 1.70. The lowest BCUT2D eigenvalue weighted by atomic mass is 10.1. The van der Waals surface area contributed by atoms with Crippen molar-refractivity contribution in [2.45, 2.75) is 33.3 Å². The van der Waals surface area contributed by atoms with Crippen molar-refractivity contribution >= 4 is 5.91 Å². The molecule has 6 nitrogen and oxygen atoms in total. The second-order valence-corrected chi connectivity index (χ2v) is 5.91. The molecule has 23 heavy (non-hydrogen) atoms. The van der Waals surface area contributed by atoms with E-state index in [0.29, 0.717) is 31.9 Å². The molecule has 3 heterocycles. The van der Waals surface area contributed by atoms with Crippen LogP contribution in [0.3, 0.4) is 0 Å². The third-order valence-electron chi connectivity index (χ3n) is 4.22. The number of hydrogen-bond donors (Lipinski definition) is 0. The van der Waals surface area contributed by atoms with Crippen molar-refractivity contribution in [2.24, 2.45) is 0 Å². The molecule has 1 saturated heterocycles. The van der Waals surface area contributed by atoms with Gasteiger partial charge in [0.25, 0.3) is 0 Å². The van der Waals surface area contributed by atoms with Gasteiger partial charge in [-0.05, 0) is 38.5 Å². The Hall–Kier alpha value is -2.21. The number of pyridine rings is 1. The number of hydrogen-bond acceptors (Lipinski definition) is 5. The Morgan fingerprint density at radius 1 is 1.39 bits per heavy atom. The molecule has 0 bridgehead atoms. The van der Waals surface area contributed by atoms with Gasteiger partial charge in [-0.25, -0.2) is 0 Å². The second kappa shape index (κ2) is 6.50. The van der Waals surface area contributed by atoms with Crippen molar-refractivity contribution in [1.29, 1.82) is 0 Å². The molecule has 0 radical (unpaired) electrons. The Morgan fingerprint density at radius 2 is 2.22 bits per heavy atom. The van der Waals surface area contributed by atoms with Gasteiger partial charge in [-0.15, -0.1) is 0 Å². The van der Waals surface area contributed by atoms with Crippen molar-refractivity contribution < 1.29 is 14.1 Å². The third-order valence-corrected chi connectivity index (χ3v) is 4.22. The Bertz CT molecular complexity index is 691. The summed E-state index contributed by atoms with van der Waals surface area (Å²) in [5, 5.41) is 3.91. The molecule has 2 aromatic rings. The summed E-state index contributed by atoms with van der Waals surface area (Å²) < 4.78 is 11.0. The minimum Gasteiger partial charge on any atom is -0.370 e. The molecule has 0 saturated carbocycles. The topological polar surface area (TPSA) is 68.5 Å². The van der Waals surface area contributed by atoms with E-state index in [4.69, 9.17) is 9.26 Å². The zero-order chi connectivity index (χ0) is 16.4. The number of carbonyl (C=O) groups excluding carboxylic acids is 1. The van der Waals surface area contributed by atoms with Gasteiger partial charge in [0.1, 0.15) is 11.9 Å². The summed E-state index contributed by atoms with van der Waals surface area (Å²) in [7, 11) is 0. The fourth-order valence-corrected chi connectivity index (χ4v) is 2.86. The monoisotopic (exact) mass is 315 g/mol. The van der Waals surface area contributed by atoms with E-state index in [-0.39, 0.29) is 12.0 Å². The van der Waals surface area contributed by atoms with E-state index in [2.05, 4.69) is 10.1 Å². The Morgan fingerprint density at radius 3 is 2.91 bits per heavy atom. The highest BCUT2D eigenvalue weighted by Crippen LogP contribution is 2.23. The summed E-state index contributed by atoms with van der Waals surface area (Å²) in [5.74, 6) is 0.795. The van der Waals surface area contributed by atoms with Gasteiger partial charge in [0.05, 0.1) is 25.3 Å². The molecule has 0 spiro atoms. The maximum atomic E-state index is 12.6. The quantitative estimate of drug-likeness (QED) is 0.868. The normalized spacial score (nSPS) is 18.2. The van der Waals surface area contributed by atoms with E-state index in [1.165, 1.54) is 0 Å². The second-order valence-electron chi connectivity index (χ2n) is 5.91. The molecular formula is C17H21N3O3. The standard InChI is InChI=1S/C17H21N3O3/c1-11-8-14(4-5-18-11)16-10-20(6-7-22-16)17(21)9-15-12(2)19-23-13(15)3/h4-5,8,16H,6-7,9-10H2,1-3H3. The van der Waals surface area contributed by atoms with E-state index in [9.17, 15) is 4.79 Å². The van der Waals surface area contributed by atoms with Gasteiger partial charge < -0.3 is 14.2 Å². The van der Waals surface area contributed by atoms with E-state index >= 15 is 0 Å². The fourth-order valence-electron chi connectivity index (χ4n) is 2.86. The lowest BCUT2D eigenvalue weighted by molar-refractivity contribution is -0.138. The van der Waals surface area contributed by atoms with Crippen LogP contribution in [-0.2, 0) is 16.0 Å². The molecule has 0 N–H and O–H groups in total. The van der Waals surface area contributed by atoms with E-state index in [0.717, 1.165) is 22.5 Å². The smallest absolute Gasteiger partial charge is 0.227 e. The van der Waals surface area contributed by atoms with Gasteiger partial charge in [-0.1, -0.05) is 5.16 Å². The number of morpholine rings is 1. The number of rotatable bonds is 3. The maximum Gasteiger partial charge on any atom is 0.227 e. The zero-order valence-electron chi connectivity index (χ0n) is 13.7. The largest absolute Gasteiger partial charge is 0.370 e. The van der Waals surface area contributed by atoms with Gasteiger partial charge in [-0.3, -0.25) is 9.78 Å². The van der Waals surface area contributed by atoms with Gasteiger partial charge in [0.2, 0.25) is 5.91 Å². The summed E-state index contributed by atoms with van der Waals surface area (Å²) in [6.07, 6.45) is 2.00. The lowest BCUT2D eigenvalue weighted by Crippen LogP contribution is -2.43. The van der Waals surface area contributed by atoms with Crippen LogP contribution in [-0.4, -0.2) is 40.6 Å². The molecule has 3 rings (SSSR count). The predicted octanol–water partition coefficient (Wildman–Crippen LogP) is 2.14. The van der Waals surface area contributed by atoms with Crippen LogP contribution >= 0.6 is 0 Å². The van der Waals surface area contributed by atoms with Crippen molar-refractivity contribution in [2.75, 3.05) is 19.7 Å². The van der Waals surface area contributed by atoms with E-state index in [1.54, 1.807) is 6.20 Å². The molecule has 1 aliphatic heterocycles. The Kier molecular flexibility index (Phi) is 4.43. The van der Waals surface area contributed by atoms with Crippen LogP contribution in [0.5, 0.6) is 0 Å². The number of aromatic nitrogens is 2. The van der Waals surface area contributed by atoms with Crippen LogP contribution in [0.1, 0.15) is 34.4 Å². The molecule has 1 unspecified atom stereocenters. The van der Waals surface area contributed by atoms with Crippen LogP contribution in [0.4, 0.5) is 0 Å². The first-order valence-corrected chi connectivity index (χ1v) is 7.78. The number of amides is 1. The molecule has 1 atom stereocenters. The third kappa shape index (κ3) is 3.42. The van der Waals surface area contributed by atoms with Crippen molar-refractivity contribution in [3.8, 4) is 0 Å². The predicted molar refractivity (Wildman–Crippen MR) is 83.9 cm³/mol. The van der Waals surface area contributed by atoms with Crippen LogP contribution in [0.2, 0.25) is 0 Å². The first kappa shape index (κ1) is 15.7. The summed E-state index contributed by atoms with van der Waals surface area (Å²) in [6, 6.07) is 3.95. The first-order chi connectivity index (χ1) is 11.0. The van der Waals surface area contributed by atoms with Crippen LogP contribution in [0, 0.1) is 20.8 Å². The molecule has 1 aliphatic rings. The number of ether oxygens (including phenoxy) is 1. The summed E-state index contributed by atoms with van der Waals surface area (Å²) in [5.41, 5.74) is 3.68. The van der Waals surface area contributed by atoms with Crippen molar-refractivity contribution in [3.63, 3.8) is 0 Å². The van der Waals surface area contributed by atoms with E-state index in [1.807, 2.05) is 37.8 Å². The summed E-state index contributed by atoms with van der Waals surface area (Å²) in [6.45, 7) is 7.37. The fraction of sp³-hybridized carbons (Fsp3) is 0.471. The molecular weight excluding hydrogens is 294 g/mol. The molecule has 0 aromatic carbocycles. The summed E-state index contributed by atoms with van der Waals surface area (Å²) >= 11 is 0. The minimum absolute atomic E-state index is 0.0819.